The zero-order valence-electron chi connectivity index (χ0n) is 10.6. The van der Waals surface area contributed by atoms with E-state index < -0.39 is 0 Å². The zero-order valence-corrected chi connectivity index (χ0v) is 10.6. The van der Waals surface area contributed by atoms with Crippen molar-refractivity contribution in [1.82, 2.24) is 20.0 Å². The number of hydrogen-bond acceptors (Lipinski definition) is 5. The smallest absolute Gasteiger partial charge is 0.233 e. The van der Waals surface area contributed by atoms with Crippen LogP contribution >= 0.6 is 0 Å². The summed E-state index contributed by atoms with van der Waals surface area (Å²) in [5, 5.41) is 12.1. The molecule has 2 aromatic rings. The van der Waals surface area contributed by atoms with Crippen LogP contribution in [0.25, 0.3) is 0 Å². The van der Waals surface area contributed by atoms with Crippen molar-refractivity contribution in [2.24, 2.45) is 12.8 Å². The predicted octanol–water partition coefficient (Wildman–Crippen LogP) is 0.851. The maximum Gasteiger partial charge on any atom is 0.233 e. The fourth-order valence-electron chi connectivity index (χ4n) is 1.71. The minimum absolute atomic E-state index is 0.122. The van der Waals surface area contributed by atoms with Gasteiger partial charge in [0, 0.05) is 25.4 Å². The van der Waals surface area contributed by atoms with Crippen molar-refractivity contribution in [2.45, 2.75) is 18.9 Å². The fourth-order valence-corrected chi connectivity index (χ4v) is 1.71. The first-order valence-corrected chi connectivity index (χ1v) is 5.80. The number of ether oxygens (including phenoxy) is 1. The molecule has 2 rings (SSSR count). The summed E-state index contributed by atoms with van der Waals surface area (Å²) in [5.74, 6) is 0.498. The second-order valence-electron chi connectivity index (χ2n) is 4.17. The molecule has 0 amide bonds. The minimum Gasteiger partial charge on any atom is -0.480 e. The van der Waals surface area contributed by atoms with E-state index in [1.165, 1.54) is 5.56 Å². The first-order chi connectivity index (χ1) is 8.69. The van der Waals surface area contributed by atoms with Gasteiger partial charge in [-0.2, -0.15) is 10.2 Å². The highest BCUT2D eigenvalue weighted by Gasteiger charge is 2.09. The number of rotatable bonds is 5. The molecule has 2 aromatic heterocycles. The Balaban J connectivity index is 1.92. The van der Waals surface area contributed by atoms with Crippen molar-refractivity contribution in [2.75, 3.05) is 7.11 Å². The van der Waals surface area contributed by atoms with Crippen molar-refractivity contribution >= 4 is 0 Å². The van der Waals surface area contributed by atoms with E-state index in [1.54, 1.807) is 17.9 Å². The standard InChI is InChI=1S/C12H17N5O/c1-17-8-9(7-14-17)3-4-10(13)11-5-6-12(18-2)16-15-11/h5-8,10H,3-4,13H2,1-2H3. The average Bonchev–Trinajstić information content (AvgIpc) is 2.82. The minimum atomic E-state index is -0.122. The van der Waals surface area contributed by atoms with Crippen LogP contribution in [0.15, 0.2) is 24.5 Å². The molecule has 1 unspecified atom stereocenters. The Morgan fingerprint density at radius 3 is 2.78 bits per heavy atom. The summed E-state index contributed by atoms with van der Waals surface area (Å²) in [6, 6.07) is 3.50. The van der Waals surface area contributed by atoms with Crippen molar-refractivity contribution in [1.29, 1.82) is 0 Å². The summed E-state index contributed by atoms with van der Waals surface area (Å²) < 4.78 is 6.74. The molecule has 96 valence electrons. The second kappa shape index (κ2) is 5.59. The lowest BCUT2D eigenvalue weighted by Crippen LogP contribution is -2.13. The first-order valence-electron chi connectivity index (χ1n) is 5.80. The lowest BCUT2D eigenvalue weighted by molar-refractivity contribution is 0.390. The lowest BCUT2D eigenvalue weighted by Gasteiger charge is -2.09. The third kappa shape index (κ3) is 3.04. The van der Waals surface area contributed by atoms with Crippen LogP contribution in [0.4, 0.5) is 0 Å². The van der Waals surface area contributed by atoms with E-state index >= 15 is 0 Å². The Bertz CT molecular complexity index is 493. The van der Waals surface area contributed by atoms with E-state index in [0.29, 0.717) is 5.88 Å². The van der Waals surface area contributed by atoms with Crippen LogP contribution in [0, 0.1) is 0 Å². The van der Waals surface area contributed by atoms with Crippen LogP contribution in [-0.4, -0.2) is 27.1 Å². The molecule has 0 fully saturated rings. The summed E-state index contributed by atoms with van der Waals surface area (Å²) >= 11 is 0. The van der Waals surface area contributed by atoms with Crippen LogP contribution in [0.1, 0.15) is 23.7 Å². The highest BCUT2D eigenvalue weighted by molar-refractivity contribution is 5.14. The van der Waals surface area contributed by atoms with Crippen molar-refractivity contribution in [3.63, 3.8) is 0 Å². The molecule has 6 nitrogen and oxygen atoms in total. The molecule has 0 spiro atoms. The van der Waals surface area contributed by atoms with Gasteiger partial charge < -0.3 is 10.5 Å². The topological polar surface area (TPSA) is 78.9 Å². The zero-order chi connectivity index (χ0) is 13.0. The van der Waals surface area contributed by atoms with Gasteiger partial charge in [-0.05, 0) is 24.5 Å². The summed E-state index contributed by atoms with van der Waals surface area (Å²) in [6.45, 7) is 0. The molecule has 2 N–H and O–H groups in total. The molecule has 1 atom stereocenters. The van der Waals surface area contributed by atoms with Gasteiger partial charge in [-0.15, -0.1) is 5.10 Å². The summed E-state index contributed by atoms with van der Waals surface area (Å²) in [5.41, 5.74) is 8.02. The van der Waals surface area contributed by atoms with Gasteiger partial charge in [-0.3, -0.25) is 4.68 Å². The molecule has 0 saturated carbocycles. The van der Waals surface area contributed by atoms with Crippen LogP contribution in [0.3, 0.4) is 0 Å². The number of nitrogens with two attached hydrogens (primary N) is 1. The molecule has 0 aliphatic rings. The molecular weight excluding hydrogens is 230 g/mol. The number of nitrogens with zero attached hydrogens (tertiary/aromatic N) is 4. The molecule has 0 aromatic carbocycles. The van der Waals surface area contributed by atoms with Crippen molar-refractivity contribution < 1.29 is 4.74 Å². The van der Waals surface area contributed by atoms with E-state index in [9.17, 15) is 0 Å². The maximum atomic E-state index is 6.07. The molecule has 2 heterocycles. The van der Waals surface area contributed by atoms with Gasteiger partial charge in [0.05, 0.1) is 19.0 Å². The molecule has 0 aliphatic carbocycles. The predicted molar refractivity (Wildman–Crippen MR) is 67.0 cm³/mol. The second-order valence-corrected chi connectivity index (χ2v) is 4.17. The van der Waals surface area contributed by atoms with Gasteiger partial charge in [0.15, 0.2) is 0 Å². The van der Waals surface area contributed by atoms with Gasteiger partial charge in [-0.1, -0.05) is 0 Å². The monoisotopic (exact) mass is 247 g/mol. The van der Waals surface area contributed by atoms with Crippen molar-refractivity contribution in [3.8, 4) is 5.88 Å². The van der Waals surface area contributed by atoms with Gasteiger partial charge >= 0.3 is 0 Å². The fraction of sp³-hybridized carbons (Fsp3) is 0.417. The molecule has 0 aliphatic heterocycles. The molecule has 0 bridgehead atoms. The third-order valence-electron chi connectivity index (χ3n) is 2.75. The Morgan fingerprint density at radius 1 is 1.39 bits per heavy atom. The Labute approximate surface area is 106 Å². The average molecular weight is 247 g/mol. The van der Waals surface area contributed by atoms with E-state index in [4.69, 9.17) is 10.5 Å². The SMILES string of the molecule is COc1ccc(C(N)CCc2cnn(C)c2)nn1. The highest BCUT2D eigenvalue weighted by Crippen LogP contribution is 2.15. The van der Waals surface area contributed by atoms with Crippen molar-refractivity contribution in [3.05, 3.63) is 35.8 Å². The van der Waals surface area contributed by atoms with Gasteiger partial charge in [0.1, 0.15) is 0 Å². The van der Waals surface area contributed by atoms with Crippen LogP contribution < -0.4 is 10.5 Å². The number of hydrogen-bond donors (Lipinski definition) is 1. The normalized spacial score (nSPS) is 12.4. The third-order valence-corrected chi connectivity index (χ3v) is 2.75. The Morgan fingerprint density at radius 2 is 2.22 bits per heavy atom. The van der Waals surface area contributed by atoms with Crippen LogP contribution in [0.5, 0.6) is 5.88 Å². The molecular formula is C12H17N5O. The summed E-state index contributed by atoms with van der Waals surface area (Å²) in [4.78, 5) is 0. The number of aryl methyl sites for hydroxylation is 2. The maximum absolute atomic E-state index is 6.07. The summed E-state index contributed by atoms with van der Waals surface area (Å²) in [7, 11) is 3.46. The molecule has 18 heavy (non-hydrogen) atoms. The lowest BCUT2D eigenvalue weighted by atomic mass is 10.1. The van der Waals surface area contributed by atoms with Crippen LogP contribution in [0.2, 0.25) is 0 Å². The van der Waals surface area contributed by atoms with Crippen LogP contribution in [-0.2, 0) is 13.5 Å². The molecule has 6 heteroatoms. The van der Waals surface area contributed by atoms with E-state index in [0.717, 1.165) is 18.5 Å². The van der Waals surface area contributed by atoms with Gasteiger partial charge in [0.25, 0.3) is 0 Å². The summed E-state index contributed by atoms with van der Waals surface area (Å²) in [6.07, 6.45) is 5.54. The Kier molecular flexibility index (Phi) is 3.88. The van der Waals surface area contributed by atoms with E-state index in [-0.39, 0.29) is 6.04 Å². The Hall–Kier alpha value is -1.95. The van der Waals surface area contributed by atoms with E-state index in [2.05, 4.69) is 15.3 Å². The number of methoxy groups -OCH3 is 1. The first kappa shape index (κ1) is 12.5. The largest absolute Gasteiger partial charge is 0.480 e. The van der Waals surface area contributed by atoms with Gasteiger partial charge in [-0.25, -0.2) is 0 Å². The highest BCUT2D eigenvalue weighted by atomic mass is 16.5. The number of aromatic nitrogens is 4. The van der Waals surface area contributed by atoms with Gasteiger partial charge in [0.2, 0.25) is 5.88 Å². The van der Waals surface area contributed by atoms with E-state index in [1.807, 2.05) is 25.5 Å². The molecule has 0 saturated heterocycles. The quantitative estimate of drug-likeness (QED) is 0.847. The molecule has 0 radical (unpaired) electrons.